The Kier molecular flexibility index (Phi) is 4.61. The zero-order valence-electron chi connectivity index (χ0n) is 10.7. The van der Waals surface area contributed by atoms with E-state index in [2.05, 4.69) is 12.2 Å². The van der Waals surface area contributed by atoms with Crippen molar-refractivity contribution >= 4 is 23.2 Å². The minimum absolute atomic E-state index is 0.0483. The Balaban J connectivity index is 1.87. The summed E-state index contributed by atoms with van der Waals surface area (Å²) >= 11 is 6.01. The number of para-hydroxylation sites is 1. The first-order valence-corrected chi connectivity index (χ1v) is 6.91. The number of carbonyl (C=O) groups excluding carboxylic acids is 1. The smallest absolute Gasteiger partial charge is 0.279 e. The second-order valence-electron chi connectivity index (χ2n) is 5.16. The van der Waals surface area contributed by atoms with Crippen molar-refractivity contribution in [2.24, 2.45) is 5.92 Å². The Labute approximate surface area is 113 Å². The number of amides is 1. The molecule has 2 atom stereocenters. The summed E-state index contributed by atoms with van der Waals surface area (Å²) in [5, 5.41) is 3.47. The van der Waals surface area contributed by atoms with Gasteiger partial charge in [0.25, 0.3) is 5.91 Å². The molecule has 1 aliphatic rings. The van der Waals surface area contributed by atoms with Crippen LogP contribution in [0.5, 0.6) is 0 Å². The van der Waals surface area contributed by atoms with Crippen LogP contribution in [-0.4, -0.2) is 25.5 Å². The molecule has 0 saturated carbocycles. The Morgan fingerprint density at radius 1 is 1.50 bits per heavy atom. The number of likely N-dealkylation sites (tertiary alicyclic amines) is 1. The van der Waals surface area contributed by atoms with Crippen LogP contribution in [0.4, 0.5) is 5.69 Å². The molecule has 1 unspecified atom stereocenters. The number of rotatable bonds is 3. The average Bonchev–Trinajstić information content (AvgIpc) is 2.32. The standard InChI is InChI=1S/C14H19ClN2O/c1-11-5-4-8-17(9-11)10-14(18)16-13-7-3-2-6-12(13)15/h2-3,6-7,11H,4-5,8-10H2,1H3,(H,16,18)/p+1/t11-/m1/s1. The number of carbonyl (C=O) groups is 1. The fraction of sp³-hybridized carbons (Fsp3) is 0.500. The van der Waals surface area contributed by atoms with E-state index in [0.717, 1.165) is 19.0 Å². The normalized spacial score (nSPS) is 23.7. The van der Waals surface area contributed by atoms with Gasteiger partial charge in [-0.2, -0.15) is 0 Å². The summed E-state index contributed by atoms with van der Waals surface area (Å²) in [4.78, 5) is 13.3. The molecule has 1 aromatic carbocycles. The highest BCUT2D eigenvalue weighted by Crippen LogP contribution is 2.19. The van der Waals surface area contributed by atoms with Crippen LogP contribution in [0.1, 0.15) is 19.8 Å². The predicted molar refractivity (Wildman–Crippen MR) is 74.0 cm³/mol. The number of benzene rings is 1. The summed E-state index contributed by atoms with van der Waals surface area (Å²) in [5.41, 5.74) is 0.702. The second kappa shape index (κ2) is 6.21. The molecule has 2 rings (SSSR count). The lowest BCUT2D eigenvalue weighted by molar-refractivity contribution is -0.900. The molecule has 1 saturated heterocycles. The van der Waals surface area contributed by atoms with Gasteiger partial charge in [0.2, 0.25) is 0 Å². The van der Waals surface area contributed by atoms with Gasteiger partial charge in [-0.05, 0) is 25.0 Å². The van der Waals surface area contributed by atoms with Crippen LogP contribution in [0.2, 0.25) is 5.02 Å². The van der Waals surface area contributed by atoms with Gasteiger partial charge in [0.05, 0.1) is 23.8 Å². The fourth-order valence-electron chi connectivity index (χ4n) is 2.54. The quantitative estimate of drug-likeness (QED) is 0.857. The van der Waals surface area contributed by atoms with Gasteiger partial charge in [-0.15, -0.1) is 0 Å². The van der Waals surface area contributed by atoms with Gasteiger partial charge in [0, 0.05) is 5.92 Å². The first-order valence-electron chi connectivity index (χ1n) is 6.53. The Hall–Kier alpha value is -1.06. The molecule has 0 radical (unpaired) electrons. The number of quaternary nitrogens is 1. The maximum absolute atomic E-state index is 11.9. The number of hydrogen-bond donors (Lipinski definition) is 2. The molecule has 2 N–H and O–H groups in total. The molecule has 1 amide bonds. The zero-order chi connectivity index (χ0) is 13.0. The van der Waals surface area contributed by atoms with Gasteiger partial charge < -0.3 is 10.2 Å². The number of piperidine rings is 1. The molecule has 1 fully saturated rings. The Morgan fingerprint density at radius 2 is 2.28 bits per heavy atom. The molecule has 1 aliphatic heterocycles. The van der Waals surface area contributed by atoms with Crippen molar-refractivity contribution in [3.63, 3.8) is 0 Å². The van der Waals surface area contributed by atoms with Gasteiger partial charge in [0.1, 0.15) is 0 Å². The Bertz CT molecular complexity index is 422. The van der Waals surface area contributed by atoms with Crippen molar-refractivity contribution in [2.45, 2.75) is 19.8 Å². The van der Waals surface area contributed by atoms with E-state index in [1.165, 1.54) is 17.7 Å². The summed E-state index contributed by atoms with van der Waals surface area (Å²) in [6.45, 7) is 4.98. The van der Waals surface area contributed by atoms with Crippen LogP contribution in [0, 0.1) is 5.92 Å². The lowest BCUT2D eigenvalue weighted by Crippen LogP contribution is -3.14. The number of nitrogens with one attached hydrogen (secondary N) is 2. The van der Waals surface area contributed by atoms with E-state index in [1.54, 1.807) is 6.07 Å². The second-order valence-corrected chi connectivity index (χ2v) is 5.56. The highest BCUT2D eigenvalue weighted by molar-refractivity contribution is 6.33. The average molecular weight is 268 g/mol. The van der Waals surface area contributed by atoms with Crippen LogP contribution in [0.25, 0.3) is 0 Å². The number of anilines is 1. The van der Waals surface area contributed by atoms with Crippen molar-refractivity contribution in [1.82, 2.24) is 0 Å². The fourth-order valence-corrected chi connectivity index (χ4v) is 2.73. The Morgan fingerprint density at radius 3 is 3.00 bits per heavy atom. The van der Waals surface area contributed by atoms with Crippen molar-refractivity contribution in [3.8, 4) is 0 Å². The minimum Gasteiger partial charge on any atom is -0.327 e. The highest BCUT2D eigenvalue weighted by Gasteiger charge is 2.22. The van der Waals surface area contributed by atoms with Gasteiger partial charge in [-0.1, -0.05) is 30.7 Å². The van der Waals surface area contributed by atoms with E-state index in [4.69, 9.17) is 11.6 Å². The summed E-state index contributed by atoms with van der Waals surface area (Å²) in [6, 6.07) is 7.34. The third kappa shape index (κ3) is 3.72. The van der Waals surface area contributed by atoms with E-state index in [1.807, 2.05) is 18.2 Å². The van der Waals surface area contributed by atoms with Gasteiger partial charge >= 0.3 is 0 Å². The molecule has 3 nitrogen and oxygen atoms in total. The molecule has 18 heavy (non-hydrogen) atoms. The van der Waals surface area contributed by atoms with Crippen LogP contribution in [0.15, 0.2) is 24.3 Å². The molecule has 98 valence electrons. The maximum Gasteiger partial charge on any atom is 0.279 e. The summed E-state index contributed by atoms with van der Waals surface area (Å²) in [6.07, 6.45) is 2.51. The molecule has 0 spiro atoms. The minimum atomic E-state index is 0.0483. The molecule has 0 aromatic heterocycles. The number of halogens is 1. The summed E-state index contributed by atoms with van der Waals surface area (Å²) in [5.74, 6) is 0.772. The monoisotopic (exact) mass is 267 g/mol. The summed E-state index contributed by atoms with van der Waals surface area (Å²) in [7, 11) is 0. The third-order valence-corrected chi connectivity index (χ3v) is 3.75. The largest absolute Gasteiger partial charge is 0.327 e. The van der Waals surface area contributed by atoms with Crippen LogP contribution >= 0.6 is 11.6 Å². The van der Waals surface area contributed by atoms with E-state index >= 15 is 0 Å². The molecule has 1 heterocycles. The van der Waals surface area contributed by atoms with Gasteiger partial charge in [0.15, 0.2) is 6.54 Å². The third-order valence-electron chi connectivity index (χ3n) is 3.42. The van der Waals surface area contributed by atoms with Crippen LogP contribution < -0.4 is 10.2 Å². The van der Waals surface area contributed by atoms with Crippen LogP contribution in [0.3, 0.4) is 0 Å². The van der Waals surface area contributed by atoms with E-state index < -0.39 is 0 Å². The molecule has 0 bridgehead atoms. The first-order chi connectivity index (χ1) is 8.65. The van der Waals surface area contributed by atoms with Gasteiger partial charge in [-0.25, -0.2) is 0 Å². The number of hydrogen-bond acceptors (Lipinski definition) is 1. The van der Waals surface area contributed by atoms with E-state index in [-0.39, 0.29) is 5.91 Å². The molecular formula is C14H20ClN2O+. The summed E-state index contributed by atoms with van der Waals surface area (Å²) < 4.78 is 0. The lowest BCUT2D eigenvalue weighted by atomic mass is 10.0. The van der Waals surface area contributed by atoms with Crippen molar-refractivity contribution in [3.05, 3.63) is 29.3 Å². The molecular weight excluding hydrogens is 248 g/mol. The maximum atomic E-state index is 11.9. The first kappa shape index (κ1) is 13.4. The molecule has 1 aromatic rings. The zero-order valence-corrected chi connectivity index (χ0v) is 11.5. The van der Waals surface area contributed by atoms with Crippen molar-refractivity contribution in [2.75, 3.05) is 25.0 Å². The molecule has 4 heteroatoms. The van der Waals surface area contributed by atoms with Crippen LogP contribution in [-0.2, 0) is 4.79 Å². The predicted octanol–water partition coefficient (Wildman–Crippen LogP) is 1.59. The highest BCUT2D eigenvalue weighted by atomic mass is 35.5. The van der Waals surface area contributed by atoms with E-state index in [9.17, 15) is 4.79 Å². The van der Waals surface area contributed by atoms with Crippen molar-refractivity contribution < 1.29 is 9.69 Å². The van der Waals surface area contributed by atoms with Crippen molar-refractivity contribution in [1.29, 1.82) is 0 Å². The lowest BCUT2D eigenvalue weighted by Gasteiger charge is -2.27. The SMILES string of the molecule is C[C@@H]1CCC[NH+](CC(=O)Nc2ccccc2Cl)C1. The van der Waals surface area contributed by atoms with E-state index in [0.29, 0.717) is 17.3 Å². The van der Waals surface area contributed by atoms with Gasteiger partial charge in [-0.3, -0.25) is 4.79 Å². The topological polar surface area (TPSA) is 33.5 Å². The molecule has 0 aliphatic carbocycles.